The smallest absolute Gasteiger partial charge is 0.337 e. The first kappa shape index (κ1) is 21.1. The van der Waals surface area contributed by atoms with E-state index in [1.807, 2.05) is 13.0 Å². The molecule has 0 radical (unpaired) electrons. The molecule has 3 rings (SSSR count). The van der Waals surface area contributed by atoms with Gasteiger partial charge in [0.1, 0.15) is 23.2 Å². The Morgan fingerprint density at radius 3 is 2.50 bits per heavy atom. The fourth-order valence-corrected chi connectivity index (χ4v) is 3.05. The van der Waals surface area contributed by atoms with Gasteiger partial charge in [-0.05, 0) is 61.0 Å². The predicted molar refractivity (Wildman–Crippen MR) is 117 cm³/mol. The first-order valence-electron chi connectivity index (χ1n) is 8.89. The Morgan fingerprint density at radius 1 is 1.13 bits per heavy atom. The Balaban J connectivity index is 1.81. The normalized spacial score (nSPS) is 10.9. The van der Waals surface area contributed by atoms with Crippen LogP contribution in [-0.2, 0) is 9.53 Å². The standard InChI is InChI=1S/C23H17BrN2O4/c1-14-11-15(23(28)29-2)3-9-20(14)21-10-8-19(30-21)12-16(13-25)22(27)26-18-6-4-17(24)5-7-18/h3-12H,1-2H3,(H,26,27)/b16-12-. The zero-order valence-electron chi connectivity index (χ0n) is 16.2. The van der Waals surface area contributed by atoms with Gasteiger partial charge in [-0.25, -0.2) is 4.79 Å². The molecule has 30 heavy (non-hydrogen) atoms. The molecular formula is C23H17BrN2O4. The predicted octanol–water partition coefficient (Wildman–Crippen LogP) is 5.35. The van der Waals surface area contributed by atoms with Crippen LogP contribution in [0.5, 0.6) is 0 Å². The molecule has 0 bridgehead atoms. The molecule has 0 unspecified atom stereocenters. The molecule has 7 heteroatoms. The summed E-state index contributed by atoms with van der Waals surface area (Å²) in [4.78, 5) is 24.1. The number of ether oxygens (including phenoxy) is 1. The number of benzene rings is 2. The van der Waals surface area contributed by atoms with Crippen LogP contribution in [0.2, 0.25) is 0 Å². The number of esters is 1. The van der Waals surface area contributed by atoms with Gasteiger partial charge < -0.3 is 14.5 Å². The first-order chi connectivity index (χ1) is 14.4. The summed E-state index contributed by atoms with van der Waals surface area (Å²) in [5, 5.41) is 12.1. The number of hydrogen-bond donors (Lipinski definition) is 1. The highest BCUT2D eigenvalue weighted by atomic mass is 79.9. The van der Waals surface area contributed by atoms with E-state index < -0.39 is 11.9 Å². The van der Waals surface area contributed by atoms with Crippen molar-refractivity contribution < 1.29 is 18.7 Å². The van der Waals surface area contributed by atoms with E-state index in [9.17, 15) is 14.9 Å². The molecule has 1 aromatic heterocycles. The second-order valence-corrected chi connectivity index (χ2v) is 7.27. The third-order valence-electron chi connectivity index (χ3n) is 4.29. The van der Waals surface area contributed by atoms with Crippen LogP contribution in [-0.4, -0.2) is 19.0 Å². The van der Waals surface area contributed by atoms with Gasteiger partial charge in [-0.15, -0.1) is 0 Å². The van der Waals surface area contributed by atoms with Crippen LogP contribution in [0.4, 0.5) is 5.69 Å². The summed E-state index contributed by atoms with van der Waals surface area (Å²) in [6.07, 6.45) is 1.38. The van der Waals surface area contributed by atoms with Gasteiger partial charge >= 0.3 is 5.97 Å². The maximum Gasteiger partial charge on any atom is 0.337 e. The minimum absolute atomic E-state index is 0.0865. The SMILES string of the molecule is COC(=O)c1ccc(-c2ccc(/C=C(/C#N)C(=O)Nc3ccc(Br)cc3)o2)c(C)c1. The fraction of sp³-hybridized carbons (Fsp3) is 0.0870. The van der Waals surface area contributed by atoms with Crippen LogP contribution in [0.1, 0.15) is 21.7 Å². The zero-order chi connectivity index (χ0) is 21.7. The van der Waals surface area contributed by atoms with Gasteiger partial charge in [0.2, 0.25) is 0 Å². The zero-order valence-corrected chi connectivity index (χ0v) is 17.8. The van der Waals surface area contributed by atoms with Crippen molar-refractivity contribution in [3.05, 3.63) is 81.5 Å². The molecule has 0 atom stereocenters. The molecule has 0 saturated carbocycles. The number of nitriles is 1. The lowest BCUT2D eigenvalue weighted by Gasteiger charge is -2.05. The molecule has 6 nitrogen and oxygen atoms in total. The Hall–Kier alpha value is -3.63. The molecule has 3 aromatic rings. The number of methoxy groups -OCH3 is 1. The fourth-order valence-electron chi connectivity index (χ4n) is 2.78. The van der Waals surface area contributed by atoms with Crippen molar-refractivity contribution in [3.63, 3.8) is 0 Å². The molecular weight excluding hydrogens is 448 g/mol. The van der Waals surface area contributed by atoms with Crippen molar-refractivity contribution in [2.75, 3.05) is 12.4 Å². The second kappa shape index (κ2) is 9.25. The molecule has 150 valence electrons. The summed E-state index contributed by atoms with van der Waals surface area (Å²) >= 11 is 3.33. The Kier molecular flexibility index (Phi) is 6.50. The van der Waals surface area contributed by atoms with Crippen molar-refractivity contribution in [2.24, 2.45) is 0 Å². The van der Waals surface area contributed by atoms with E-state index in [0.29, 0.717) is 22.8 Å². The number of anilines is 1. The van der Waals surface area contributed by atoms with Gasteiger partial charge in [0, 0.05) is 21.8 Å². The topological polar surface area (TPSA) is 92.3 Å². The lowest BCUT2D eigenvalue weighted by molar-refractivity contribution is -0.112. The van der Waals surface area contributed by atoms with E-state index >= 15 is 0 Å². The number of amides is 1. The molecule has 2 aromatic carbocycles. The third-order valence-corrected chi connectivity index (χ3v) is 4.82. The molecule has 0 aliphatic heterocycles. The summed E-state index contributed by atoms with van der Waals surface area (Å²) in [6.45, 7) is 1.85. The van der Waals surface area contributed by atoms with Gasteiger partial charge in [0.25, 0.3) is 5.91 Å². The molecule has 0 fully saturated rings. The molecule has 1 amide bonds. The second-order valence-electron chi connectivity index (χ2n) is 6.35. The minimum Gasteiger partial charge on any atom is -0.465 e. The molecule has 1 heterocycles. The molecule has 0 spiro atoms. The summed E-state index contributed by atoms with van der Waals surface area (Å²) < 4.78 is 11.4. The number of carbonyl (C=O) groups excluding carboxylic acids is 2. The lowest BCUT2D eigenvalue weighted by Crippen LogP contribution is -2.13. The summed E-state index contributed by atoms with van der Waals surface area (Å²) in [5.41, 5.74) is 2.56. The first-order valence-corrected chi connectivity index (χ1v) is 9.68. The van der Waals surface area contributed by atoms with Crippen LogP contribution in [0.25, 0.3) is 17.4 Å². The summed E-state index contributed by atoms with van der Waals surface area (Å²) in [7, 11) is 1.33. The Labute approximate surface area is 181 Å². The number of nitrogens with zero attached hydrogens (tertiary/aromatic N) is 1. The third kappa shape index (κ3) is 4.85. The van der Waals surface area contributed by atoms with Crippen LogP contribution >= 0.6 is 15.9 Å². The number of halogens is 1. The van der Waals surface area contributed by atoms with Crippen molar-refractivity contribution in [1.82, 2.24) is 0 Å². The number of aryl methyl sites for hydroxylation is 1. The number of furan rings is 1. The monoisotopic (exact) mass is 464 g/mol. The summed E-state index contributed by atoms with van der Waals surface area (Å²) in [5.74, 6) is -0.0238. The maximum absolute atomic E-state index is 12.4. The summed E-state index contributed by atoms with van der Waals surface area (Å²) in [6, 6.07) is 17.5. The highest BCUT2D eigenvalue weighted by Crippen LogP contribution is 2.27. The van der Waals surface area contributed by atoms with Gasteiger partial charge in [0.15, 0.2) is 0 Å². The highest BCUT2D eigenvalue weighted by molar-refractivity contribution is 9.10. The highest BCUT2D eigenvalue weighted by Gasteiger charge is 2.14. The maximum atomic E-state index is 12.4. The van der Waals surface area contributed by atoms with Crippen molar-refractivity contribution in [1.29, 1.82) is 5.26 Å². The van der Waals surface area contributed by atoms with Crippen molar-refractivity contribution in [3.8, 4) is 17.4 Å². The van der Waals surface area contributed by atoms with Crippen LogP contribution in [0.3, 0.4) is 0 Å². The largest absolute Gasteiger partial charge is 0.465 e. The average molecular weight is 465 g/mol. The van der Waals surface area contributed by atoms with E-state index in [2.05, 4.69) is 21.2 Å². The van der Waals surface area contributed by atoms with Crippen LogP contribution in [0.15, 0.2) is 69.1 Å². The van der Waals surface area contributed by atoms with E-state index in [1.54, 1.807) is 54.6 Å². The van der Waals surface area contributed by atoms with Gasteiger partial charge in [-0.1, -0.05) is 22.0 Å². The van der Waals surface area contributed by atoms with E-state index in [1.165, 1.54) is 13.2 Å². The quantitative estimate of drug-likeness (QED) is 0.312. The minimum atomic E-state index is -0.531. The Morgan fingerprint density at radius 2 is 1.87 bits per heavy atom. The van der Waals surface area contributed by atoms with Gasteiger partial charge in [0.05, 0.1) is 12.7 Å². The Bertz CT molecular complexity index is 1170. The van der Waals surface area contributed by atoms with E-state index in [0.717, 1.165) is 15.6 Å². The molecule has 0 saturated heterocycles. The number of rotatable bonds is 5. The van der Waals surface area contributed by atoms with E-state index in [-0.39, 0.29) is 5.57 Å². The van der Waals surface area contributed by atoms with Crippen molar-refractivity contribution >= 4 is 39.6 Å². The number of carbonyl (C=O) groups is 2. The van der Waals surface area contributed by atoms with Gasteiger partial charge in [-0.3, -0.25) is 4.79 Å². The van der Waals surface area contributed by atoms with Crippen LogP contribution < -0.4 is 5.32 Å². The van der Waals surface area contributed by atoms with E-state index in [4.69, 9.17) is 9.15 Å². The molecule has 0 aliphatic carbocycles. The number of hydrogen-bond acceptors (Lipinski definition) is 5. The van der Waals surface area contributed by atoms with Crippen LogP contribution in [0, 0.1) is 18.3 Å². The molecule has 1 N–H and O–H groups in total. The molecule has 0 aliphatic rings. The lowest BCUT2D eigenvalue weighted by atomic mass is 10.0. The number of nitrogens with one attached hydrogen (secondary N) is 1. The van der Waals surface area contributed by atoms with Gasteiger partial charge in [-0.2, -0.15) is 5.26 Å². The van der Waals surface area contributed by atoms with Crippen molar-refractivity contribution in [2.45, 2.75) is 6.92 Å². The average Bonchev–Trinajstić information content (AvgIpc) is 3.21.